The van der Waals surface area contributed by atoms with Gasteiger partial charge in [-0.1, -0.05) is 12.1 Å². The van der Waals surface area contributed by atoms with E-state index in [0.717, 1.165) is 22.4 Å². The predicted molar refractivity (Wildman–Crippen MR) is 92.9 cm³/mol. The topological polar surface area (TPSA) is 61.8 Å². The van der Waals surface area contributed by atoms with Gasteiger partial charge in [0.2, 0.25) is 5.91 Å². The maximum absolute atomic E-state index is 12.0. The van der Waals surface area contributed by atoms with Gasteiger partial charge in [0.25, 0.3) is 0 Å². The highest BCUT2D eigenvalue weighted by Crippen LogP contribution is 2.25. The van der Waals surface area contributed by atoms with E-state index in [-0.39, 0.29) is 19.1 Å². The molecule has 1 aromatic carbocycles. The first-order valence-corrected chi connectivity index (χ1v) is 7.90. The Morgan fingerprint density at radius 3 is 2.39 bits per heavy atom. The van der Waals surface area contributed by atoms with Crippen LogP contribution >= 0.6 is 0 Å². The van der Waals surface area contributed by atoms with E-state index in [1.165, 1.54) is 4.90 Å². The zero-order valence-electron chi connectivity index (χ0n) is 15.4. The molecule has 0 saturated carbocycles. The van der Waals surface area contributed by atoms with Crippen LogP contribution in [0, 0.1) is 20.8 Å². The second-order valence-electron chi connectivity index (χ2n) is 6.82. The summed E-state index contributed by atoms with van der Waals surface area (Å²) in [6.45, 7) is 10.1. The Kier molecular flexibility index (Phi) is 6.59. The third kappa shape index (κ3) is 5.22. The summed E-state index contributed by atoms with van der Waals surface area (Å²) in [7, 11) is 3.43. The van der Waals surface area contributed by atoms with Crippen LogP contribution in [0.5, 0.6) is 5.75 Å². The highest BCUT2D eigenvalue weighted by atomic mass is 16.5. The van der Waals surface area contributed by atoms with Crippen LogP contribution in [0.1, 0.15) is 30.5 Å². The van der Waals surface area contributed by atoms with Crippen molar-refractivity contribution in [3.05, 3.63) is 28.8 Å². The van der Waals surface area contributed by atoms with Crippen molar-refractivity contribution in [2.45, 2.75) is 46.3 Å². The summed E-state index contributed by atoms with van der Waals surface area (Å²) in [5.74, 6) is 0.795. The number of aliphatic hydroxyl groups is 1. The molecule has 1 unspecified atom stereocenters. The fourth-order valence-electron chi connectivity index (χ4n) is 2.39. The fraction of sp³-hybridized carbons (Fsp3) is 0.611. The zero-order valence-corrected chi connectivity index (χ0v) is 15.4. The van der Waals surface area contributed by atoms with Crippen LogP contribution in [-0.4, -0.2) is 54.8 Å². The molecule has 23 heavy (non-hydrogen) atoms. The smallest absolute Gasteiger partial charge is 0.241 e. The Morgan fingerprint density at radius 1 is 1.26 bits per heavy atom. The van der Waals surface area contributed by atoms with Gasteiger partial charge < -0.3 is 20.1 Å². The monoisotopic (exact) mass is 322 g/mol. The van der Waals surface area contributed by atoms with Gasteiger partial charge in [0.05, 0.1) is 5.54 Å². The molecule has 2 N–H and O–H groups in total. The lowest BCUT2D eigenvalue weighted by atomic mass is 10.0. The van der Waals surface area contributed by atoms with Gasteiger partial charge in [-0.25, -0.2) is 0 Å². The number of aryl methyl sites for hydroxylation is 2. The Hall–Kier alpha value is -1.59. The number of rotatable bonds is 7. The molecule has 0 heterocycles. The van der Waals surface area contributed by atoms with Gasteiger partial charge in [0.15, 0.2) is 0 Å². The Bertz CT molecular complexity index is 553. The normalized spacial score (nSPS) is 12.9. The van der Waals surface area contributed by atoms with Crippen molar-refractivity contribution < 1.29 is 14.6 Å². The first-order valence-electron chi connectivity index (χ1n) is 7.90. The van der Waals surface area contributed by atoms with Crippen molar-refractivity contribution in [3.63, 3.8) is 0 Å². The summed E-state index contributed by atoms with van der Waals surface area (Å²) < 4.78 is 5.80. The zero-order chi connectivity index (χ0) is 17.8. The molecule has 1 rings (SSSR count). The number of aliphatic hydroxyl groups excluding tert-OH is 1. The van der Waals surface area contributed by atoms with E-state index in [1.807, 2.05) is 26.8 Å². The fourth-order valence-corrected chi connectivity index (χ4v) is 2.39. The van der Waals surface area contributed by atoms with E-state index in [2.05, 4.69) is 11.4 Å². The molecular formula is C18H30N2O3. The third-order valence-electron chi connectivity index (χ3n) is 4.01. The summed E-state index contributed by atoms with van der Waals surface area (Å²) in [6, 6.07) is 4.08. The average Bonchev–Trinajstić information content (AvgIpc) is 2.48. The molecule has 5 nitrogen and oxygen atoms in total. The van der Waals surface area contributed by atoms with Gasteiger partial charge in [0.1, 0.15) is 18.5 Å². The lowest BCUT2D eigenvalue weighted by Gasteiger charge is -2.29. The Morgan fingerprint density at radius 2 is 1.83 bits per heavy atom. The quantitative estimate of drug-likeness (QED) is 0.804. The summed E-state index contributed by atoms with van der Waals surface area (Å²) in [6.07, 6.45) is -0.691. The van der Waals surface area contributed by atoms with Crippen molar-refractivity contribution in [1.82, 2.24) is 10.2 Å². The van der Waals surface area contributed by atoms with Crippen molar-refractivity contribution >= 4 is 5.91 Å². The first kappa shape index (κ1) is 19.5. The molecule has 0 aromatic heterocycles. The lowest BCUT2D eigenvalue weighted by molar-refractivity contribution is -0.134. The summed E-state index contributed by atoms with van der Waals surface area (Å²) in [4.78, 5) is 13.6. The highest BCUT2D eigenvalue weighted by Gasteiger charge is 2.29. The minimum absolute atomic E-state index is 0.0315. The number of hydrogen-bond acceptors (Lipinski definition) is 4. The van der Waals surface area contributed by atoms with Crippen LogP contribution in [0.2, 0.25) is 0 Å². The van der Waals surface area contributed by atoms with Crippen LogP contribution in [0.15, 0.2) is 12.1 Å². The van der Waals surface area contributed by atoms with Gasteiger partial charge in [-0.2, -0.15) is 0 Å². The molecule has 0 spiro atoms. The van der Waals surface area contributed by atoms with Gasteiger partial charge in [-0.05, 0) is 51.3 Å². The maximum atomic E-state index is 12.0. The molecule has 0 aliphatic heterocycles. The first-order chi connectivity index (χ1) is 10.6. The van der Waals surface area contributed by atoms with Crippen molar-refractivity contribution in [2.24, 2.45) is 0 Å². The summed E-state index contributed by atoms with van der Waals surface area (Å²) in [5.41, 5.74) is 2.58. The molecular weight excluding hydrogens is 292 g/mol. The van der Waals surface area contributed by atoms with Gasteiger partial charge >= 0.3 is 0 Å². The largest absolute Gasteiger partial charge is 0.490 e. The van der Waals surface area contributed by atoms with Crippen molar-refractivity contribution in [2.75, 3.05) is 27.2 Å². The lowest BCUT2D eigenvalue weighted by Crippen LogP contribution is -2.54. The summed E-state index contributed by atoms with van der Waals surface area (Å²) in [5, 5.41) is 13.2. The number of nitrogens with zero attached hydrogens (tertiary/aromatic N) is 1. The van der Waals surface area contributed by atoms with Gasteiger partial charge in [0, 0.05) is 20.6 Å². The molecule has 0 fully saturated rings. The van der Waals surface area contributed by atoms with E-state index in [1.54, 1.807) is 27.9 Å². The van der Waals surface area contributed by atoms with E-state index < -0.39 is 11.6 Å². The molecule has 0 saturated heterocycles. The Labute approximate surface area is 139 Å². The van der Waals surface area contributed by atoms with Crippen LogP contribution < -0.4 is 10.1 Å². The molecule has 130 valence electrons. The molecule has 0 radical (unpaired) electrons. The van der Waals surface area contributed by atoms with Gasteiger partial charge in [-0.15, -0.1) is 0 Å². The number of likely N-dealkylation sites (N-methyl/N-ethyl adjacent to an activating group) is 1. The molecule has 1 amide bonds. The van der Waals surface area contributed by atoms with E-state index >= 15 is 0 Å². The number of benzene rings is 1. The minimum atomic E-state index is -0.723. The molecule has 0 aliphatic carbocycles. The molecule has 5 heteroatoms. The number of β-amino-alcohol motifs (C(OH)–C–C–N with tert-alkyl or cyclic N) is 1. The third-order valence-corrected chi connectivity index (χ3v) is 4.01. The van der Waals surface area contributed by atoms with E-state index in [9.17, 15) is 9.90 Å². The number of carbonyl (C=O) groups excluding carboxylic acids is 1. The molecule has 0 bridgehead atoms. The SMILES string of the molecule is Cc1ccc(C)c(OCC(O)CNC(C)(C)C(=O)N(C)C)c1C. The van der Waals surface area contributed by atoms with Crippen molar-refractivity contribution in [3.8, 4) is 5.75 Å². The van der Waals surface area contributed by atoms with E-state index in [0.29, 0.717) is 0 Å². The predicted octanol–water partition coefficient (Wildman–Crippen LogP) is 1.81. The number of amides is 1. The van der Waals surface area contributed by atoms with Crippen LogP contribution in [0.3, 0.4) is 0 Å². The molecule has 0 aliphatic rings. The van der Waals surface area contributed by atoms with Crippen LogP contribution in [0.4, 0.5) is 0 Å². The second-order valence-corrected chi connectivity index (χ2v) is 6.82. The standard InChI is InChI=1S/C18H30N2O3/c1-12-8-9-13(2)16(14(12)3)23-11-15(21)10-19-18(4,5)17(22)20(6)7/h8-9,15,19,21H,10-11H2,1-7H3. The van der Waals surface area contributed by atoms with Gasteiger partial charge in [-0.3, -0.25) is 4.79 Å². The van der Waals surface area contributed by atoms with Crippen molar-refractivity contribution in [1.29, 1.82) is 0 Å². The summed E-state index contributed by atoms with van der Waals surface area (Å²) >= 11 is 0. The van der Waals surface area contributed by atoms with Crippen LogP contribution in [0.25, 0.3) is 0 Å². The Balaban J connectivity index is 2.57. The molecule has 1 atom stereocenters. The second kappa shape index (κ2) is 7.79. The minimum Gasteiger partial charge on any atom is -0.490 e. The highest BCUT2D eigenvalue weighted by molar-refractivity contribution is 5.85. The number of hydrogen-bond donors (Lipinski definition) is 2. The maximum Gasteiger partial charge on any atom is 0.241 e. The average molecular weight is 322 g/mol. The van der Waals surface area contributed by atoms with Crippen LogP contribution in [-0.2, 0) is 4.79 Å². The number of carbonyl (C=O) groups is 1. The molecule has 1 aromatic rings. The number of nitrogens with one attached hydrogen (secondary N) is 1. The van der Waals surface area contributed by atoms with E-state index in [4.69, 9.17) is 4.74 Å². The number of ether oxygens (including phenoxy) is 1.